The summed E-state index contributed by atoms with van der Waals surface area (Å²) in [5.41, 5.74) is 1.13. The molecule has 0 saturated heterocycles. The Labute approximate surface area is 201 Å². The molecule has 0 unspecified atom stereocenters. The maximum Gasteiger partial charge on any atom is 0.259 e. The number of amides is 2. The fourth-order valence-corrected chi connectivity index (χ4v) is 4.22. The predicted molar refractivity (Wildman–Crippen MR) is 128 cm³/mol. The second kappa shape index (κ2) is 9.35. The van der Waals surface area contributed by atoms with Crippen LogP contribution < -0.4 is 15.5 Å². The van der Waals surface area contributed by atoms with Crippen LogP contribution in [0.4, 0.5) is 0 Å². The van der Waals surface area contributed by atoms with Gasteiger partial charge in [-0.3, -0.25) is 14.4 Å². The van der Waals surface area contributed by atoms with Gasteiger partial charge in [0.2, 0.25) is 5.43 Å². The van der Waals surface area contributed by atoms with Crippen molar-refractivity contribution >= 4 is 23.4 Å². The number of pyridine rings is 1. The van der Waals surface area contributed by atoms with Crippen LogP contribution in [-0.4, -0.2) is 40.5 Å². The van der Waals surface area contributed by atoms with Gasteiger partial charge in [0.05, 0.1) is 6.54 Å². The Morgan fingerprint density at radius 1 is 1.06 bits per heavy atom. The fraction of sp³-hybridized carbons (Fsp3) is 0.269. The van der Waals surface area contributed by atoms with Gasteiger partial charge in [0.1, 0.15) is 23.5 Å². The number of nitrogens with one attached hydrogen (secondary N) is 1. The zero-order valence-corrected chi connectivity index (χ0v) is 19.3. The maximum absolute atomic E-state index is 13.6. The molecule has 34 heavy (non-hydrogen) atoms. The van der Waals surface area contributed by atoms with E-state index < -0.39 is 17.2 Å². The molecule has 0 bridgehead atoms. The Morgan fingerprint density at radius 2 is 1.82 bits per heavy atom. The van der Waals surface area contributed by atoms with Gasteiger partial charge in [-0.15, -0.1) is 0 Å². The summed E-state index contributed by atoms with van der Waals surface area (Å²) in [5.74, 6) is -0.219. The van der Waals surface area contributed by atoms with Gasteiger partial charge >= 0.3 is 0 Å². The minimum atomic E-state index is -0.566. The van der Waals surface area contributed by atoms with E-state index in [-0.39, 0.29) is 23.7 Å². The highest BCUT2D eigenvalue weighted by molar-refractivity contribution is 6.30. The van der Waals surface area contributed by atoms with Crippen molar-refractivity contribution in [3.05, 3.63) is 98.4 Å². The minimum absolute atomic E-state index is 0.0248. The molecule has 1 aliphatic heterocycles. The number of aromatic nitrogens is 1. The third-order valence-corrected chi connectivity index (χ3v) is 6.20. The lowest BCUT2D eigenvalue weighted by Gasteiger charge is -2.21. The van der Waals surface area contributed by atoms with Crippen LogP contribution in [0, 0.1) is 0 Å². The molecule has 2 amide bonds. The van der Waals surface area contributed by atoms with E-state index in [1.165, 1.54) is 12.4 Å². The molecule has 1 fully saturated rings. The van der Waals surface area contributed by atoms with Gasteiger partial charge in [-0.1, -0.05) is 41.9 Å². The molecule has 7 nitrogen and oxygen atoms in total. The first kappa shape index (κ1) is 22.2. The molecule has 1 aliphatic carbocycles. The Morgan fingerprint density at radius 3 is 2.59 bits per heavy atom. The van der Waals surface area contributed by atoms with Crippen LogP contribution in [0.2, 0.25) is 5.02 Å². The van der Waals surface area contributed by atoms with Crippen molar-refractivity contribution in [1.29, 1.82) is 0 Å². The van der Waals surface area contributed by atoms with Crippen LogP contribution in [0.3, 0.4) is 0 Å². The highest BCUT2D eigenvalue weighted by Crippen LogP contribution is 2.27. The van der Waals surface area contributed by atoms with Gasteiger partial charge in [0.25, 0.3) is 11.8 Å². The average Bonchev–Trinajstić information content (AvgIpc) is 3.66. The number of carbonyl (C=O) groups excluding carboxylic acids is 2. The SMILES string of the molecule is O=C(NC1CC1)c1cn(Cc2ccccc2)cc(C(=O)N2CCOc3ccc(Cl)cc3C2)c1=O. The molecule has 1 saturated carbocycles. The highest BCUT2D eigenvalue weighted by atomic mass is 35.5. The van der Waals surface area contributed by atoms with E-state index in [1.807, 2.05) is 30.3 Å². The molecular weight excluding hydrogens is 454 g/mol. The molecule has 5 rings (SSSR count). The van der Waals surface area contributed by atoms with Crippen LogP contribution in [0.5, 0.6) is 5.75 Å². The second-order valence-electron chi connectivity index (χ2n) is 8.65. The van der Waals surface area contributed by atoms with E-state index in [0.29, 0.717) is 30.5 Å². The van der Waals surface area contributed by atoms with Crippen LogP contribution in [0.25, 0.3) is 0 Å². The lowest BCUT2D eigenvalue weighted by atomic mass is 10.1. The van der Waals surface area contributed by atoms with Crippen molar-refractivity contribution in [3.63, 3.8) is 0 Å². The Kier molecular flexibility index (Phi) is 6.11. The van der Waals surface area contributed by atoms with Gasteiger partial charge in [0.15, 0.2) is 0 Å². The number of hydrogen-bond acceptors (Lipinski definition) is 4. The number of rotatable bonds is 5. The third-order valence-electron chi connectivity index (χ3n) is 5.96. The summed E-state index contributed by atoms with van der Waals surface area (Å²) in [6, 6.07) is 15.0. The minimum Gasteiger partial charge on any atom is -0.491 e. The molecule has 2 aliphatic rings. The predicted octanol–water partition coefficient (Wildman–Crippen LogP) is 3.48. The second-order valence-corrected chi connectivity index (χ2v) is 9.08. The first-order valence-corrected chi connectivity index (χ1v) is 11.6. The number of hydrogen-bond donors (Lipinski definition) is 1. The summed E-state index contributed by atoms with van der Waals surface area (Å²) in [7, 11) is 0. The Hall–Kier alpha value is -3.58. The molecule has 3 aromatic rings. The van der Waals surface area contributed by atoms with Crippen molar-refractivity contribution in [3.8, 4) is 5.75 Å². The van der Waals surface area contributed by atoms with Gasteiger partial charge in [-0.05, 0) is 36.6 Å². The van der Waals surface area contributed by atoms with Gasteiger partial charge in [-0.25, -0.2) is 0 Å². The Bertz CT molecular complexity index is 1300. The van der Waals surface area contributed by atoms with Crippen LogP contribution >= 0.6 is 11.6 Å². The molecule has 174 valence electrons. The van der Waals surface area contributed by atoms with E-state index >= 15 is 0 Å². The van der Waals surface area contributed by atoms with Crippen LogP contribution in [-0.2, 0) is 13.1 Å². The van der Waals surface area contributed by atoms with Gasteiger partial charge < -0.3 is 19.5 Å². The first-order valence-electron chi connectivity index (χ1n) is 11.3. The highest BCUT2D eigenvalue weighted by Gasteiger charge is 2.28. The van der Waals surface area contributed by atoms with Gasteiger partial charge in [-0.2, -0.15) is 0 Å². The first-order chi connectivity index (χ1) is 16.5. The zero-order chi connectivity index (χ0) is 23.7. The smallest absolute Gasteiger partial charge is 0.259 e. The van der Waals surface area contributed by atoms with E-state index in [1.54, 1.807) is 27.7 Å². The molecule has 2 aromatic carbocycles. The summed E-state index contributed by atoms with van der Waals surface area (Å²) in [5, 5.41) is 3.41. The molecular formula is C26H24ClN3O4. The van der Waals surface area contributed by atoms with Crippen LogP contribution in [0.1, 0.15) is 44.7 Å². The molecule has 0 radical (unpaired) electrons. The van der Waals surface area contributed by atoms with Crippen molar-refractivity contribution in [1.82, 2.24) is 14.8 Å². The maximum atomic E-state index is 13.6. The van der Waals surface area contributed by atoms with Crippen molar-refractivity contribution in [2.75, 3.05) is 13.2 Å². The zero-order valence-electron chi connectivity index (χ0n) is 18.5. The Balaban J connectivity index is 1.51. The largest absolute Gasteiger partial charge is 0.491 e. The van der Waals surface area contributed by atoms with Crippen molar-refractivity contribution in [2.45, 2.75) is 32.0 Å². The lowest BCUT2D eigenvalue weighted by Crippen LogP contribution is -2.39. The monoisotopic (exact) mass is 477 g/mol. The normalized spacial score (nSPS) is 15.1. The van der Waals surface area contributed by atoms with E-state index in [4.69, 9.17) is 16.3 Å². The molecule has 1 N–H and O–H groups in total. The molecule has 0 atom stereocenters. The summed E-state index contributed by atoms with van der Waals surface area (Å²) < 4.78 is 7.49. The fourth-order valence-electron chi connectivity index (χ4n) is 4.03. The number of ether oxygens (including phenoxy) is 1. The quantitative estimate of drug-likeness (QED) is 0.610. The van der Waals surface area contributed by atoms with E-state index in [0.717, 1.165) is 24.0 Å². The number of nitrogens with zero attached hydrogens (tertiary/aromatic N) is 2. The summed E-state index contributed by atoms with van der Waals surface area (Å²) >= 11 is 6.14. The average molecular weight is 478 g/mol. The van der Waals surface area contributed by atoms with Crippen molar-refractivity contribution < 1.29 is 14.3 Å². The molecule has 8 heteroatoms. The summed E-state index contributed by atoms with van der Waals surface area (Å²) in [6.45, 7) is 1.28. The lowest BCUT2D eigenvalue weighted by molar-refractivity contribution is 0.0731. The van der Waals surface area contributed by atoms with Crippen LogP contribution in [0.15, 0.2) is 65.7 Å². The number of benzene rings is 2. The number of fused-ring (bicyclic) bond motifs is 1. The topological polar surface area (TPSA) is 80.6 Å². The third kappa shape index (κ3) is 4.84. The van der Waals surface area contributed by atoms with E-state index in [2.05, 4.69) is 5.32 Å². The standard InChI is InChI=1S/C26H24ClN3O4/c27-19-6-9-23-18(12-19)14-30(10-11-34-23)26(33)22-16-29(13-17-4-2-1-3-5-17)15-21(24(22)31)25(32)28-20-7-8-20/h1-6,9,12,15-16,20H,7-8,10-11,13-14H2,(H,28,32). The summed E-state index contributed by atoms with van der Waals surface area (Å²) in [4.78, 5) is 41.3. The van der Waals surface area contributed by atoms with E-state index in [9.17, 15) is 14.4 Å². The molecule has 1 aromatic heterocycles. The number of carbonyl (C=O) groups is 2. The van der Waals surface area contributed by atoms with Crippen molar-refractivity contribution in [2.24, 2.45) is 0 Å². The molecule has 0 spiro atoms. The number of halogens is 1. The molecule has 2 heterocycles. The summed E-state index contributed by atoms with van der Waals surface area (Å²) in [6.07, 6.45) is 4.87. The van der Waals surface area contributed by atoms with Gasteiger partial charge in [0, 0.05) is 42.1 Å².